The first-order valence-electron chi connectivity index (χ1n) is 9.23. The number of benzene rings is 2. The molecule has 0 aliphatic rings. The second kappa shape index (κ2) is 8.70. The number of aryl methyl sites for hydroxylation is 1. The number of nitrogens with zero attached hydrogens (tertiary/aromatic N) is 2. The van der Waals surface area contributed by atoms with Gasteiger partial charge in [-0.25, -0.2) is 9.59 Å². The van der Waals surface area contributed by atoms with Crippen LogP contribution in [0.25, 0.3) is 10.2 Å². The minimum atomic E-state index is -0.653. The van der Waals surface area contributed by atoms with Gasteiger partial charge in [-0.05, 0) is 23.3 Å². The second-order valence-corrected chi connectivity index (χ2v) is 8.55. The Morgan fingerprint density at radius 3 is 2.48 bits per heavy atom. The molecule has 0 saturated carbocycles. The van der Waals surface area contributed by atoms with Gasteiger partial charge in [-0.1, -0.05) is 59.6 Å². The predicted octanol–water partition coefficient (Wildman–Crippen LogP) is 4.47. The van der Waals surface area contributed by atoms with E-state index in [2.05, 4.69) is 0 Å². The van der Waals surface area contributed by atoms with Crippen LogP contribution in [0.4, 0.5) is 0 Å². The van der Waals surface area contributed by atoms with Crippen LogP contribution in [-0.2, 0) is 24.9 Å². The van der Waals surface area contributed by atoms with Crippen LogP contribution in [-0.4, -0.2) is 15.1 Å². The van der Waals surface area contributed by atoms with Gasteiger partial charge in [0.15, 0.2) is 0 Å². The van der Waals surface area contributed by atoms with Gasteiger partial charge in [-0.15, -0.1) is 11.3 Å². The number of hydrogen-bond acceptors (Lipinski definition) is 5. The largest absolute Gasteiger partial charge is 0.457 e. The van der Waals surface area contributed by atoms with Gasteiger partial charge in [0.25, 0.3) is 5.56 Å². The molecule has 0 unspecified atom stereocenters. The van der Waals surface area contributed by atoms with Crippen LogP contribution >= 0.6 is 34.5 Å². The molecule has 9 heteroatoms. The van der Waals surface area contributed by atoms with Gasteiger partial charge >= 0.3 is 11.7 Å². The highest BCUT2D eigenvalue weighted by Gasteiger charge is 2.21. The van der Waals surface area contributed by atoms with Crippen molar-refractivity contribution in [3.05, 3.63) is 101 Å². The molecule has 0 fully saturated rings. The van der Waals surface area contributed by atoms with Crippen LogP contribution in [0.1, 0.15) is 21.5 Å². The van der Waals surface area contributed by atoms with Crippen molar-refractivity contribution in [2.24, 2.45) is 7.05 Å². The monoisotopic (exact) mass is 474 g/mol. The maximum Gasteiger partial charge on any atom is 0.340 e. The summed E-state index contributed by atoms with van der Waals surface area (Å²) in [4.78, 5) is 39.1. The van der Waals surface area contributed by atoms with E-state index in [-0.39, 0.29) is 24.1 Å². The Bertz CT molecular complexity index is 1410. The van der Waals surface area contributed by atoms with Gasteiger partial charge in [-0.2, -0.15) is 0 Å². The van der Waals surface area contributed by atoms with Crippen molar-refractivity contribution >= 4 is 50.7 Å². The van der Waals surface area contributed by atoms with Crippen LogP contribution < -0.4 is 11.2 Å². The van der Waals surface area contributed by atoms with Crippen molar-refractivity contribution in [3.8, 4) is 0 Å². The summed E-state index contributed by atoms with van der Waals surface area (Å²) in [7, 11) is 1.58. The van der Waals surface area contributed by atoms with Gasteiger partial charge in [-0.3, -0.25) is 13.9 Å². The number of hydrogen-bond donors (Lipinski definition) is 0. The van der Waals surface area contributed by atoms with Gasteiger partial charge in [0.05, 0.1) is 27.5 Å². The smallest absolute Gasteiger partial charge is 0.340 e. The number of esters is 1. The molecular formula is C22H16Cl2N2O4S. The third-order valence-electron chi connectivity index (χ3n) is 4.81. The Kier molecular flexibility index (Phi) is 6.00. The van der Waals surface area contributed by atoms with E-state index in [1.54, 1.807) is 25.2 Å². The average molecular weight is 475 g/mol. The van der Waals surface area contributed by atoms with Crippen molar-refractivity contribution in [2.75, 3.05) is 0 Å². The lowest BCUT2D eigenvalue weighted by atomic mass is 10.2. The lowest BCUT2D eigenvalue weighted by Gasteiger charge is -2.10. The van der Waals surface area contributed by atoms with E-state index in [0.717, 1.165) is 21.5 Å². The van der Waals surface area contributed by atoms with Crippen molar-refractivity contribution in [1.82, 2.24) is 9.13 Å². The average Bonchev–Trinajstić information content (AvgIpc) is 3.22. The van der Waals surface area contributed by atoms with Crippen LogP contribution in [0.15, 0.2) is 63.5 Å². The fourth-order valence-electron chi connectivity index (χ4n) is 3.20. The molecule has 0 bridgehead atoms. The SMILES string of the molecule is Cn1c(=O)n(Cc2ccccc2)c(=O)c2c(C(=O)OCc3ccc(Cl)c(Cl)c3)csc21. The van der Waals surface area contributed by atoms with Gasteiger partial charge in [0.2, 0.25) is 0 Å². The van der Waals surface area contributed by atoms with E-state index in [1.807, 2.05) is 30.3 Å². The topological polar surface area (TPSA) is 70.3 Å². The first-order chi connectivity index (χ1) is 14.9. The van der Waals surface area contributed by atoms with Crippen molar-refractivity contribution < 1.29 is 9.53 Å². The summed E-state index contributed by atoms with van der Waals surface area (Å²) in [6.07, 6.45) is 0. The standard InChI is InChI=1S/C22H16Cl2N2O4S/c1-25-20-18(19(27)26(22(25)29)10-13-5-3-2-4-6-13)15(12-31-20)21(28)30-11-14-7-8-16(23)17(24)9-14/h2-9,12H,10-11H2,1H3. The van der Waals surface area contributed by atoms with E-state index in [1.165, 1.54) is 9.95 Å². The highest BCUT2D eigenvalue weighted by Crippen LogP contribution is 2.25. The fraction of sp³-hybridized carbons (Fsp3) is 0.136. The Labute approximate surface area is 190 Å². The molecule has 2 heterocycles. The molecule has 6 nitrogen and oxygen atoms in total. The quantitative estimate of drug-likeness (QED) is 0.400. The molecule has 0 radical (unpaired) electrons. The molecule has 2 aromatic heterocycles. The van der Waals surface area contributed by atoms with E-state index < -0.39 is 17.2 Å². The molecule has 0 saturated heterocycles. The summed E-state index contributed by atoms with van der Waals surface area (Å²) >= 11 is 13.0. The molecule has 0 aliphatic heterocycles. The zero-order chi connectivity index (χ0) is 22.1. The van der Waals surface area contributed by atoms with Crippen molar-refractivity contribution in [3.63, 3.8) is 0 Å². The zero-order valence-corrected chi connectivity index (χ0v) is 18.6. The summed E-state index contributed by atoms with van der Waals surface area (Å²) in [5.41, 5.74) is 0.627. The second-order valence-electron chi connectivity index (χ2n) is 6.87. The molecule has 158 valence electrons. The van der Waals surface area contributed by atoms with Crippen LogP contribution in [0.2, 0.25) is 10.0 Å². The Balaban J connectivity index is 1.70. The minimum Gasteiger partial charge on any atom is -0.457 e. The first kappa shape index (κ1) is 21.4. The highest BCUT2D eigenvalue weighted by molar-refractivity contribution is 7.17. The third kappa shape index (κ3) is 4.17. The molecule has 4 rings (SSSR count). The van der Waals surface area contributed by atoms with Gasteiger partial charge < -0.3 is 4.74 Å². The van der Waals surface area contributed by atoms with Crippen LogP contribution in [0.3, 0.4) is 0 Å². The summed E-state index contributed by atoms with van der Waals surface area (Å²) in [6, 6.07) is 14.1. The Morgan fingerprint density at radius 1 is 1.03 bits per heavy atom. The van der Waals surface area contributed by atoms with Gasteiger partial charge in [0, 0.05) is 12.4 Å². The number of halogens is 2. The molecule has 0 amide bonds. The Hall–Kier alpha value is -2.87. The molecular weight excluding hydrogens is 459 g/mol. The maximum atomic E-state index is 13.2. The third-order valence-corrected chi connectivity index (χ3v) is 6.60. The molecule has 0 N–H and O–H groups in total. The Morgan fingerprint density at radius 2 is 1.77 bits per heavy atom. The lowest BCUT2D eigenvalue weighted by Crippen LogP contribution is -2.39. The number of aromatic nitrogens is 2. The summed E-state index contributed by atoms with van der Waals surface area (Å²) < 4.78 is 7.89. The maximum absolute atomic E-state index is 13.2. The van der Waals surface area contributed by atoms with Gasteiger partial charge in [0.1, 0.15) is 11.4 Å². The molecule has 2 aromatic carbocycles. The van der Waals surface area contributed by atoms with Crippen molar-refractivity contribution in [2.45, 2.75) is 13.2 Å². The minimum absolute atomic E-state index is 0.0307. The molecule has 4 aromatic rings. The summed E-state index contributed by atoms with van der Waals surface area (Å²) in [6.45, 7) is 0.0763. The van der Waals surface area contributed by atoms with E-state index in [9.17, 15) is 14.4 Å². The number of fused-ring (bicyclic) bond motifs is 1. The van der Waals surface area contributed by atoms with Crippen molar-refractivity contribution in [1.29, 1.82) is 0 Å². The van der Waals surface area contributed by atoms with E-state index in [0.29, 0.717) is 20.4 Å². The lowest BCUT2D eigenvalue weighted by molar-refractivity contribution is 0.0475. The highest BCUT2D eigenvalue weighted by atomic mass is 35.5. The molecule has 0 atom stereocenters. The summed E-state index contributed by atoms with van der Waals surface area (Å²) in [5, 5.41) is 2.47. The fourth-order valence-corrected chi connectivity index (χ4v) is 4.52. The number of rotatable bonds is 5. The predicted molar refractivity (Wildman–Crippen MR) is 122 cm³/mol. The van der Waals surface area contributed by atoms with Crippen LogP contribution in [0.5, 0.6) is 0 Å². The molecule has 0 spiro atoms. The first-order valence-corrected chi connectivity index (χ1v) is 10.9. The normalized spacial score (nSPS) is 11.1. The number of carbonyl (C=O) groups excluding carboxylic acids is 1. The van der Waals surface area contributed by atoms with E-state index in [4.69, 9.17) is 27.9 Å². The number of carbonyl (C=O) groups is 1. The number of thiophene rings is 1. The van der Waals surface area contributed by atoms with E-state index >= 15 is 0 Å². The molecule has 0 aliphatic carbocycles. The zero-order valence-electron chi connectivity index (χ0n) is 16.3. The number of ether oxygens (including phenoxy) is 1. The summed E-state index contributed by atoms with van der Waals surface area (Å²) in [5.74, 6) is -0.653. The molecule has 31 heavy (non-hydrogen) atoms. The van der Waals surface area contributed by atoms with Crippen LogP contribution in [0, 0.1) is 0 Å².